The van der Waals surface area contributed by atoms with E-state index in [0.29, 0.717) is 15.2 Å². The van der Waals surface area contributed by atoms with Gasteiger partial charge in [-0.1, -0.05) is 18.5 Å². The van der Waals surface area contributed by atoms with Crippen LogP contribution in [0.3, 0.4) is 0 Å². The Balaban J connectivity index is 1.61. The van der Waals surface area contributed by atoms with Gasteiger partial charge in [0.05, 0.1) is 4.47 Å². The first-order chi connectivity index (χ1) is 13.9. The lowest BCUT2D eigenvalue weighted by Gasteiger charge is -2.36. The highest BCUT2D eigenvalue weighted by molar-refractivity contribution is 9.10. The van der Waals surface area contributed by atoms with Crippen LogP contribution in [0.25, 0.3) is 0 Å². The average molecular weight is 481 g/mol. The Morgan fingerprint density at radius 1 is 1.21 bits per heavy atom. The van der Waals surface area contributed by atoms with Crippen LogP contribution in [0.15, 0.2) is 40.9 Å². The lowest BCUT2D eigenvalue weighted by molar-refractivity contribution is -0.122. The molecule has 0 aromatic heterocycles. The normalized spacial score (nSPS) is 15.8. The van der Waals surface area contributed by atoms with Gasteiger partial charge in [-0.3, -0.25) is 4.79 Å². The smallest absolute Gasteiger partial charge is 0.265 e. The molecular formula is C22H27BrClN3O2. The molecule has 1 N–H and O–H groups in total. The molecule has 0 saturated carbocycles. The summed E-state index contributed by atoms with van der Waals surface area (Å²) in [6.45, 7) is 11.3. The molecule has 1 amide bonds. The van der Waals surface area contributed by atoms with Crippen molar-refractivity contribution < 1.29 is 9.53 Å². The number of hydrogen-bond donors (Lipinski definition) is 1. The standard InChI is InChI=1S/C22H27BrClN3O2/c1-4-26-9-11-27(12-10-26)20-7-6-18(13-15(20)2)25-22(28)16(3)29-21-8-5-17(24)14-19(21)23/h5-8,13-14,16H,4,9-12H2,1-3H3,(H,25,28). The van der Waals surface area contributed by atoms with Crippen LogP contribution >= 0.6 is 27.5 Å². The summed E-state index contributed by atoms with van der Waals surface area (Å²) in [5, 5.41) is 3.55. The quantitative estimate of drug-likeness (QED) is 0.635. The summed E-state index contributed by atoms with van der Waals surface area (Å²) in [7, 11) is 0. The van der Waals surface area contributed by atoms with E-state index >= 15 is 0 Å². The Hall–Kier alpha value is -1.76. The molecule has 2 aromatic carbocycles. The van der Waals surface area contributed by atoms with Crippen molar-refractivity contribution in [1.82, 2.24) is 4.90 Å². The first-order valence-electron chi connectivity index (χ1n) is 9.88. The Morgan fingerprint density at radius 2 is 1.93 bits per heavy atom. The van der Waals surface area contributed by atoms with Gasteiger partial charge in [0.15, 0.2) is 6.10 Å². The summed E-state index contributed by atoms with van der Waals surface area (Å²) in [6, 6.07) is 11.3. The Morgan fingerprint density at radius 3 is 2.55 bits per heavy atom. The first-order valence-corrected chi connectivity index (χ1v) is 11.0. The van der Waals surface area contributed by atoms with Gasteiger partial charge < -0.3 is 19.9 Å². The number of halogens is 2. The highest BCUT2D eigenvalue weighted by Gasteiger charge is 2.19. The number of hydrogen-bond acceptors (Lipinski definition) is 4. The molecule has 5 nitrogen and oxygen atoms in total. The molecule has 2 aromatic rings. The summed E-state index contributed by atoms with van der Waals surface area (Å²) in [4.78, 5) is 17.4. The third-order valence-electron chi connectivity index (χ3n) is 5.19. The van der Waals surface area contributed by atoms with Crippen LogP contribution < -0.4 is 15.0 Å². The lowest BCUT2D eigenvalue weighted by atomic mass is 10.1. The van der Waals surface area contributed by atoms with Gasteiger partial charge in [-0.25, -0.2) is 0 Å². The SMILES string of the molecule is CCN1CCN(c2ccc(NC(=O)C(C)Oc3ccc(Cl)cc3Br)cc2C)CC1. The third kappa shape index (κ3) is 5.65. The summed E-state index contributed by atoms with van der Waals surface area (Å²) < 4.78 is 6.49. The lowest BCUT2D eigenvalue weighted by Crippen LogP contribution is -2.46. The maximum Gasteiger partial charge on any atom is 0.265 e. The molecule has 0 bridgehead atoms. The second-order valence-corrected chi connectivity index (χ2v) is 8.54. The van der Waals surface area contributed by atoms with Crippen LogP contribution in [0, 0.1) is 6.92 Å². The zero-order valence-electron chi connectivity index (χ0n) is 17.0. The molecule has 1 fully saturated rings. The van der Waals surface area contributed by atoms with Crippen molar-refractivity contribution in [3.63, 3.8) is 0 Å². The van der Waals surface area contributed by atoms with E-state index in [1.807, 2.05) is 12.1 Å². The number of nitrogens with one attached hydrogen (secondary N) is 1. The minimum atomic E-state index is -0.644. The maximum absolute atomic E-state index is 12.6. The van der Waals surface area contributed by atoms with Crippen molar-refractivity contribution in [2.75, 3.05) is 42.9 Å². The van der Waals surface area contributed by atoms with Gasteiger partial charge in [0.2, 0.25) is 0 Å². The fourth-order valence-electron chi connectivity index (χ4n) is 3.45. The molecule has 1 aliphatic rings. The Labute approximate surface area is 186 Å². The second kappa shape index (κ2) is 9.83. The molecule has 1 aliphatic heterocycles. The molecule has 1 unspecified atom stereocenters. The van der Waals surface area contributed by atoms with Crippen LogP contribution in [0.2, 0.25) is 5.02 Å². The molecule has 1 saturated heterocycles. The van der Waals surface area contributed by atoms with E-state index in [4.69, 9.17) is 16.3 Å². The number of piperazine rings is 1. The van der Waals surface area contributed by atoms with Gasteiger partial charge in [0, 0.05) is 42.6 Å². The molecule has 0 radical (unpaired) electrons. The van der Waals surface area contributed by atoms with Crippen molar-refractivity contribution in [2.24, 2.45) is 0 Å². The van der Waals surface area contributed by atoms with Gasteiger partial charge in [0.1, 0.15) is 5.75 Å². The van der Waals surface area contributed by atoms with E-state index in [-0.39, 0.29) is 5.91 Å². The van der Waals surface area contributed by atoms with E-state index in [2.05, 4.69) is 51.0 Å². The Kier molecular flexibility index (Phi) is 7.44. The highest BCUT2D eigenvalue weighted by Crippen LogP contribution is 2.29. The molecule has 1 atom stereocenters. The fourth-order valence-corrected chi connectivity index (χ4v) is 4.23. The second-order valence-electron chi connectivity index (χ2n) is 7.25. The zero-order chi connectivity index (χ0) is 21.0. The van der Waals surface area contributed by atoms with Gasteiger partial charge in [0.25, 0.3) is 5.91 Å². The van der Waals surface area contributed by atoms with Crippen LogP contribution in [-0.2, 0) is 4.79 Å². The van der Waals surface area contributed by atoms with Crippen LogP contribution in [0.5, 0.6) is 5.75 Å². The van der Waals surface area contributed by atoms with Gasteiger partial charge in [-0.15, -0.1) is 0 Å². The summed E-state index contributed by atoms with van der Waals surface area (Å²) in [5.74, 6) is 0.380. The van der Waals surface area contributed by atoms with E-state index in [9.17, 15) is 4.79 Å². The molecule has 0 aliphatic carbocycles. The van der Waals surface area contributed by atoms with Crippen molar-refractivity contribution in [2.45, 2.75) is 26.9 Å². The van der Waals surface area contributed by atoms with E-state index < -0.39 is 6.10 Å². The van der Waals surface area contributed by atoms with E-state index in [1.165, 1.54) is 5.69 Å². The minimum Gasteiger partial charge on any atom is -0.480 e. The number of ether oxygens (including phenoxy) is 1. The van der Waals surface area contributed by atoms with Crippen LogP contribution in [-0.4, -0.2) is 49.6 Å². The van der Waals surface area contributed by atoms with Gasteiger partial charge in [-0.05, 0) is 78.3 Å². The van der Waals surface area contributed by atoms with Crippen molar-refractivity contribution >= 4 is 44.8 Å². The Bertz CT molecular complexity index is 869. The number of amides is 1. The largest absolute Gasteiger partial charge is 0.480 e. The topological polar surface area (TPSA) is 44.8 Å². The fraction of sp³-hybridized carbons (Fsp3) is 0.409. The number of nitrogens with zero attached hydrogens (tertiary/aromatic N) is 2. The summed E-state index contributed by atoms with van der Waals surface area (Å²) >= 11 is 9.36. The number of likely N-dealkylation sites (N-methyl/N-ethyl adjacent to an activating group) is 1. The summed E-state index contributed by atoms with van der Waals surface area (Å²) in [6.07, 6.45) is -0.644. The zero-order valence-corrected chi connectivity index (χ0v) is 19.4. The number of benzene rings is 2. The number of rotatable bonds is 6. The van der Waals surface area contributed by atoms with Crippen molar-refractivity contribution in [3.8, 4) is 5.75 Å². The van der Waals surface area contributed by atoms with E-state index in [1.54, 1.807) is 25.1 Å². The molecule has 156 valence electrons. The number of carbonyl (C=O) groups excluding carboxylic acids is 1. The van der Waals surface area contributed by atoms with Crippen molar-refractivity contribution in [1.29, 1.82) is 0 Å². The molecule has 3 rings (SSSR count). The minimum absolute atomic E-state index is 0.199. The molecular weight excluding hydrogens is 454 g/mol. The van der Waals surface area contributed by atoms with E-state index in [0.717, 1.165) is 44.0 Å². The van der Waals surface area contributed by atoms with Crippen LogP contribution in [0.1, 0.15) is 19.4 Å². The molecule has 0 spiro atoms. The van der Waals surface area contributed by atoms with Gasteiger partial charge >= 0.3 is 0 Å². The monoisotopic (exact) mass is 479 g/mol. The third-order valence-corrected chi connectivity index (χ3v) is 6.05. The number of carbonyl (C=O) groups is 1. The van der Waals surface area contributed by atoms with Crippen molar-refractivity contribution in [3.05, 3.63) is 51.5 Å². The summed E-state index contributed by atoms with van der Waals surface area (Å²) in [5.41, 5.74) is 3.16. The first kappa shape index (κ1) is 21.9. The van der Waals surface area contributed by atoms with Crippen LogP contribution in [0.4, 0.5) is 11.4 Å². The number of anilines is 2. The predicted molar refractivity (Wildman–Crippen MR) is 123 cm³/mol. The molecule has 29 heavy (non-hydrogen) atoms. The highest BCUT2D eigenvalue weighted by atomic mass is 79.9. The maximum atomic E-state index is 12.6. The average Bonchev–Trinajstić information content (AvgIpc) is 2.70. The van der Waals surface area contributed by atoms with Gasteiger partial charge in [-0.2, -0.15) is 0 Å². The molecule has 1 heterocycles. The molecule has 7 heteroatoms. The predicted octanol–water partition coefficient (Wildman–Crippen LogP) is 4.96. The number of aryl methyl sites for hydroxylation is 1.